The SMILES string of the molecule is CCCc1ccc(/C=C/C2CCC(c3ccc(C)c(F)c3F)CC2)cc1F. The second-order valence-corrected chi connectivity index (χ2v) is 7.67. The molecule has 1 aliphatic rings. The van der Waals surface area contributed by atoms with Gasteiger partial charge < -0.3 is 0 Å². The molecular formula is C24H27F3. The topological polar surface area (TPSA) is 0 Å². The summed E-state index contributed by atoms with van der Waals surface area (Å²) in [5, 5.41) is 0. The molecule has 0 spiro atoms. The molecule has 27 heavy (non-hydrogen) atoms. The third-order valence-corrected chi connectivity index (χ3v) is 5.67. The molecule has 2 aromatic rings. The Balaban J connectivity index is 1.60. The summed E-state index contributed by atoms with van der Waals surface area (Å²) in [6.07, 6.45) is 9.37. The van der Waals surface area contributed by atoms with Crippen LogP contribution in [0, 0.1) is 30.3 Å². The van der Waals surface area contributed by atoms with Crippen LogP contribution in [0.25, 0.3) is 6.08 Å². The van der Waals surface area contributed by atoms with Crippen molar-refractivity contribution in [1.29, 1.82) is 0 Å². The zero-order valence-electron chi connectivity index (χ0n) is 16.1. The number of benzene rings is 2. The van der Waals surface area contributed by atoms with E-state index >= 15 is 0 Å². The molecule has 0 N–H and O–H groups in total. The molecule has 1 aliphatic carbocycles. The van der Waals surface area contributed by atoms with Gasteiger partial charge in [-0.1, -0.05) is 49.8 Å². The van der Waals surface area contributed by atoms with Crippen molar-refractivity contribution < 1.29 is 13.2 Å². The lowest BCUT2D eigenvalue weighted by molar-refractivity contribution is 0.364. The minimum atomic E-state index is -0.719. The lowest BCUT2D eigenvalue weighted by atomic mass is 9.78. The van der Waals surface area contributed by atoms with Crippen LogP contribution in [-0.2, 0) is 6.42 Å². The van der Waals surface area contributed by atoms with Gasteiger partial charge in [0, 0.05) is 0 Å². The molecule has 144 valence electrons. The molecule has 3 heteroatoms. The van der Waals surface area contributed by atoms with E-state index in [0.717, 1.165) is 49.7 Å². The molecule has 0 heterocycles. The highest BCUT2D eigenvalue weighted by Crippen LogP contribution is 2.38. The Hall–Kier alpha value is -2.03. The number of rotatable bonds is 5. The molecule has 0 radical (unpaired) electrons. The van der Waals surface area contributed by atoms with Gasteiger partial charge >= 0.3 is 0 Å². The van der Waals surface area contributed by atoms with Crippen LogP contribution in [0.1, 0.15) is 67.2 Å². The van der Waals surface area contributed by atoms with E-state index in [-0.39, 0.29) is 11.7 Å². The minimum Gasteiger partial charge on any atom is -0.207 e. The van der Waals surface area contributed by atoms with Gasteiger partial charge in [-0.2, -0.15) is 0 Å². The second-order valence-electron chi connectivity index (χ2n) is 7.67. The average Bonchev–Trinajstić information content (AvgIpc) is 2.67. The third-order valence-electron chi connectivity index (χ3n) is 5.67. The van der Waals surface area contributed by atoms with Crippen molar-refractivity contribution in [2.24, 2.45) is 5.92 Å². The summed E-state index contributed by atoms with van der Waals surface area (Å²) in [6.45, 7) is 3.63. The Labute approximate surface area is 160 Å². The smallest absolute Gasteiger partial charge is 0.162 e. The molecule has 0 bridgehead atoms. The average molecular weight is 372 g/mol. The van der Waals surface area contributed by atoms with E-state index in [9.17, 15) is 13.2 Å². The van der Waals surface area contributed by atoms with Crippen LogP contribution in [0.3, 0.4) is 0 Å². The fourth-order valence-electron chi connectivity index (χ4n) is 3.99. The van der Waals surface area contributed by atoms with E-state index in [1.165, 1.54) is 0 Å². The van der Waals surface area contributed by atoms with Crippen molar-refractivity contribution in [1.82, 2.24) is 0 Å². The van der Waals surface area contributed by atoms with Crippen molar-refractivity contribution in [3.8, 4) is 0 Å². The van der Waals surface area contributed by atoms with Crippen LogP contribution in [0.15, 0.2) is 36.4 Å². The second kappa shape index (κ2) is 8.77. The first-order chi connectivity index (χ1) is 13.0. The first kappa shape index (κ1) is 19.7. The molecular weight excluding hydrogens is 345 g/mol. The highest BCUT2D eigenvalue weighted by Gasteiger charge is 2.24. The highest BCUT2D eigenvalue weighted by molar-refractivity contribution is 5.50. The Bertz CT molecular complexity index is 815. The van der Waals surface area contributed by atoms with Crippen molar-refractivity contribution in [3.05, 3.63) is 76.1 Å². The number of hydrogen-bond donors (Lipinski definition) is 0. The molecule has 2 aromatic carbocycles. The molecule has 0 atom stereocenters. The van der Waals surface area contributed by atoms with Crippen LogP contribution >= 0.6 is 0 Å². The Morgan fingerprint density at radius 2 is 1.70 bits per heavy atom. The fraction of sp³-hybridized carbons (Fsp3) is 0.417. The van der Waals surface area contributed by atoms with E-state index in [1.807, 2.05) is 25.1 Å². The van der Waals surface area contributed by atoms with E-state index in [4.69, 9.17) is 0 Å². The van der Waals surface area contributed by atoms with Crippen molar-refractivity contribution in [3.63, 3.8) is 0 Å². The van der Waals surface area contributed by atoms with Crippen LogP contribution in [0.2, 0.25) is 0 Å². The summed E-state index contributed by atoms with van der Waals surface area (Å²) < 4.78 is 42.1. The normalized spacial score (nSPS) is 20.3. The molecule has 0 saturated heterocycles. The molecule has 0 aromatic heterocycles. The van der Waals surface area contributed by atoms with E-state index in [0.29, 0.717) is 17.0 Å². The van der Waals surface area contributed by atoms with Gasteiger partial charge in [0.2, 0.25) is 0 Å². The number of aryl methyl sites for hydroxylation is 2. The van der Waals surface area contributed by atoms with Crippen LogP contribution < -0.4 is 0 Å². The quantitative estimate of drug-likeness (QED) is 0.514. The maximum absolute atomic E-state index is 14.2. The highest BCUT2D eigenvalue weighted by atomic mass is 19.2. The summed E-state index contributed by atoms with van der Waals surface area (Å²) in [7, 11) is 0. The molecule has 0 aliphatic heterocycles. The van der Waals surface area contributed by atoms with Crippen molar-refractivity contribution >= 4 is 6.08 Å². The van der Waals surface area contributed by atoms with Crippen LogP contribution in [-0.4, -0.2) is 0 Å². The summed E-state index contributed by atoms with van der Waals surface area (Å²) in [6, 6.07) is 8.81. The predicted octanol–water partition coefficient (Wildman–Crippen LogP) is 7.35. The zero-order valence-corrected chi connectivity index (χ0v) is 16.1. The molecule has 0 nitrogen and oxygen atoms in total. The van der Waals surface area contributed by atoms with Gasteiger partial charge in [-0.15, -0.1) is 0 Å². The van der Waals surface area contributed by atoms with Gasteiger partial charge in [0.05, 0.1) is 0 Å². The number of halogens is 3. The largest absolute Gasteiger partial charge is 0.207 e. The van der Waals surface area contributed by atoms with E-state index in [2.05, 4.69) is 6.08 Å². The summed E-state index contributed by atoms with van der Waals surface area (Å²) in [4.78, 5) is 0. The maximum atomic E-state index is 14.2. The lowest BCUT2D eigenvalue weighted by Crippen LogP contribution is -2.13. The summed E-state index contributed by atoms with van der Waals surface area (Å²) in [5.41, 5.74) is 2.50. The standard InChI is InChI=1S/C24H27F3/c1-3-4-20-13-10-18(15-22(20)25)7-6-17-8-11-19(12-9-17)21-14-5-16(2)23(26)24(21)27/h5-7,10,13-15,17,19H,3-4,8-9,11-12H2,1-2H3/b7-6+. The molecule has 0 unspecified atom stereocenters. The Kier molecular flexibility index (Phi) is 6.41. The predicted molar refractivity (Wildman–Crippen MR) is 105 cm³/mol. The van der Waals surface area contributed by atoms with Gasteiger partial charge in [0.25, 0.3) is 0 Å². The molecule has 0 amide bonds. The number of hydrogen-bond acceptors (Lipinski definition) is 0. The summed E-state index contributed by atoms with van der Waals surface area (Å²) in [5.74, 6) is -1.06. The van der Waals surface area contributed by atoms with Gasteiger partial charge in [-0.05, 0) is 79.2 Å². The van der Waals surface area contributed by atoms with Crippen molar-refractivity contribution in [2.45, 2.75) is 58.3 Å². The lowest BCUT2D eigenvalue weighted by Gasteiger charge is -2.27. The first-order valence-electron chi connectivity index (χ1n) is 9.90. The van der Waals surface area contributed by atoms with E-state index in [1.54, 1.807) is 25.1 Å². The molecule has 1 saturated carbocycles. The van der Waals surface area contributed by atoms with Crippen LogP contribution in [0.4, 0.5) is 13.2 Å². The monoisotopic (exact) mass is 372 g/mol. The third kappa shape index (κ3) is 4.63. The van der Waals surface area contributed by atoms with Gasteiger partial charge in [-0.25, -0.2) is 13.2 Å². The number of allylic oxidation sites excluding steroid dienone is 1. The van der Waals surface area contributed by atoms with Gasteiger partial charge in [0.15, 0.2) is 11.6 Å². The Morgan fingerprint density at radius 3 is 2.37 bits per heavy atom. The molecule has 1 fully saturated rings. The first-order valence-corrected chi connectivity index (χ1v) is 9.90. The van der Waals surface area contributed by atoms with Crippen molar-refractivity contribution in [2.75, 3.05) is 0 Å². The van der Waals surface area contributed by atoms with Crippen LogP contribution in [0.5, 0.6) is 0 Å². The maximum Gasteiger partial charge on any atom is 0.162 e. The minimum absolute atomic E-state index is 0.0792. The fourth-order valence-corrected chi connectivity index (χ4v) is 3.99. The van der Waals surface area contributed by atoms with Gasteiger partial charge in [0.1, 0.15) is 5.82 Å². The summed E-state index contributed by atoms with van der Waals surface area (Å²) >= 11 is 0. The Morgan fingerprint density at radius 1 is 0.963 bits per heavy atom. The van der Waals surface area contributed by atoms with E-state index < -0.39 is 11.6 Å². The molecule has 3 rings (SSSR count). The zero-order chi connectivity index (χ0) is 19.4. The van der Waals surface area contributed by atoms with Gasteiger partial charge in [-0.3, -0.25) is 0 Å².